The minimum Gasteiger partial charge on any atom is -0.493 e. The monoisotopic (exact) mass is 432 g/mol. The normalized spacial score (nSPS) is 15.9. The number of urea groups is 1. The molecule has 0 radical (unpaired) electrons. The van der Waals surface area contributed by atoms with Gasteiger partial charge in [-0.3, -0.25) is 0 Å². The molecular weight excluding hydrogens is 411 g/mol. The van der Waals surface area contributed by atoms with Gasteiger partial charge in [0.05, 0.1) is 32.9 Å². The van der Waals surface area contributed by atoms with E-state index in [1.54, 1.807) is 30.3 Å². The summed E-state index contributed by atoms with van der Waals surface area (Å²) < 4.78 is 28.7. The Hall–Kier alpha value is -3.20. The van der Waals surface area contributed by atoms with Gasteiger partial charge in [0.1, 0.15) is 5.82 Å². The van der Waals surface area contributed by atoms with Crippen LogP contribution >= 0.6 is 11.8 Å². The second kappa shape index (κ2) is 9.53. The second-order valence-corrected chi connectivity index (χ2v) is 7.32. The van der Waals surface area contributed by atoms with Crippen molar-refractivity contribution >= 4 is 23.8 Å². The van der Waals surface area contributed by atoms with Crippen LogP contribution in [0.2, 0.25) is 0 Å². The Labute approximate surface area is 177 Å². The summed E-state index contributed by atoms with van der Waals surface area (Å²) in [6.45, 7) is 0. The number of hydrogen-bond acceptors (Lipinski definition) is 6. The van der Waals surface area contributed by atoms with Crippen LogP contribution in [0, 0.1) is 5.82 Å². The number of halogens is 1. The summed E-state index contributed by atoms with van der Waals surface area (Å²) in [6.07, 6.45) is 0. The smallest absolute Gasteiger partial charge is 0.338 e. The van der Waals surface area contributed by atoms with Gasteiger partial charge in [-0.25, -0.2) is 14.0 Å². The highest BCUT2D eigenvalue weighted by atomic mass is 32.2. The summed E-state index contributed by atoms with van der Waals surface area (Å²) >= 11 is 1.36. The topological polar surface area (TPSA) is 85.9 Å². The van der Waals surface area contributed by atoms with E-state index in [0.717, 1.165) is 4.90 Å². The zero-order chi connectivity index (χ0) is 21.7. The molecule has 0 bridgehead atoms. The first-order chi connectivity index (χ1) is 14.5. The van der Waals surface area contributed by atoms with Crippen molar-refractivity contribution in [3.05, 3.63) is 65.1 Å². The Bertz CT molecular complexity index is 978. The number of methoxy groups -OCH3 is 3. The van der Waals surface area contributed by atoms with Crippen molar-refractivity contribution in [2.45, 2.75) is 10.9 Å². The van der Waals surface area contributed by atoms with Gasteiger partial charge >= 0.3 is 12.0 Å². The van der Waals surface area contributed by atoms with Gasteiger partial charge < -0.3 is 24.8 Å². The lowest BCUT2D eigenvalue weighted by Crippen LogP contribution is -2.46. The Morgan fingerprint density at radius 3 is 2.40 bits per heavy atom. The molecule has 0 saturated carbocycles. The fourth-order valence-electron chi connectivity index (χ4n) is 3.05. The maximum atomic E-state index is 13.1. The average molecular weight is 432 g/mol. The number of amides is 2. The van der Waals surface area contributed by atoms with Gasteiger partial charge in [0.15, 0.2) is 11.5 Å². The fraction of sp³-hybridized carbons (Fsp3) is 0.238. The van der Waals surface area contributed by atoms with Crippen LogP contribution in [0.5, 0.6) is 11.5 Å². The third-order valence-corrected chi connectivity index (χ3v) is 5.54. The standard InChI is InChI=1S/C21H21FN2O5S/c1-27-16-9-4-12(10-17(16)28-2)19-18(20(25)29-3)15(23-21(26)24-19)11-30-14-7-5-13(22)6-8-14/h4-10,19H,11H2,1-3H3,(H2,23,24,26)/t19-/m1/s1. The maximum absolute atomic E-state index is 13.1. The van der Waals surface area contributed by atoms with Crippen LogP contribution in [0.25, 0.3) is 0 Å². The van der Waals surface area contributed by atoms with Crippen molar-refractivity contribution in [2.24, 2.45) is 0 Å². The highest BCUT2D eigenvalue weighted by molar-refractivity contribution is 7.99. The molecule has 1 aliphatic heterocycles. The molecule has 0 aliphatic carbocycles. The molecule has 158 valence electrons. The predicted molar refractivity (Wildman–Crippen MR) is 110 cm³/mol. The number of carbonyl (C=O) groups is 2. The minimum absolute atomic E-state index is 0.277. The molecule has 2 aromatic carbocycles. The first kappa shape index (κ1) is 21.5. The van der Waals surface area contributed by atoms with Crippen molar-refractivity contribution in [2.75, 3.05) is 27.1 Å². The third-order valence-electron chi connectivity index (χ3n) is 4.50. The molecule has 0 unspecified atom stereocenters. The van der Waals surface area contributed by atoms with Crippen LogP contribution in [-0.4, -0.2) is 39.1 Å². The number of rotatable bonds is 7. The van der Waals surface area contributed by atoms with E-state index in [0.29, 0.717) is 22.8 Å². The van der Waals surface area contributed by atoms with Crippen LogP contribution < -0.4 is 20.1 Å². The molecule has 0 aromatic heterocycles. The average Bonchev–Trinajstić information content (AvgIpc) is 2.77. The summed E-state index contributed by atoms with van der Waals surface area (Å²) in [6, 6.07) is 9.92. The molecule has 0 saturated heterocycles. The molecule has 2 aromatic rings. The molecule has 7 nitrogen and oxygen atoms in total. The summed E-state index contributed by atoms with van der Waals surface area (Å²) in [5, 5.41) is 5.45. The number of esters is 1. The Balaban J connectivity index is 1.98. The van der Waals surface area contributed by atoms with Crippen LogP contribution in [0.3, 0.4) is 0 Å². The molecule has 2 amide bonds. The van der Waals surface area contributed by atoms with E-state index in [1.807, 2.05) is 0 Å². The van der Waals surface area contributed by atoms with Crippen molar-refractivity contribution in [3.8, 4) is 11.5 Å². The fourth-order valence-corrected chi connectivity index (χ4v) is 3.92. The van der Waals surface area contributed by atoms with Gasteiger partial charge in [0.25, 0.3) is 0 Å². The Kier molecular flexibility index (Phi) is 6.83. The van der Waals surface area contributed by atoms with E-state index in [4.69, 9.17) is 14.2 Å². The first-order valence-electron chi connectivity index (χ1n) is 8.96. The van der Waals surface area contributed by atoms with E-state index >= 15 is 0 Å². The van der Waals surface area contributed by atoms with E-state index < -0.39 is 18.0 Å². The molecule has 1 atom stereocenters. The van der Waals surface area contributed by atoms with E-state index in [1.165, 1.54) is 45.2 Å². The highest BCUT2D eigenvalue weighted by Crippen LogP contribution is 2.35. The Morgan fingerprint density at radius 1 is 1.07 bits per heavy atom. The van der Waals surface area contributed by atoms with E-state index in [-0.39, 0.29) is 17.1 Å². The molecule has 0 spiro atoms. The lowest BCUT2D eigenvalue weighted by molar-refractivity contribution is -0.136. The van der Waals surface area contributed by atoms with E-state index in [9.17, 15) is 14.0 Å². The SMILES string of the molecule is COC(=O)C1=C(CSc2ccc(F)cc2)NC(=O)N[C@@H]1c1ccc(OC)c(OC)c1. The van der Waals surface area contributed by atoms with Crippen molar-refractivity contribution < 1.29 is 28.2 Å². The zero-order valence-electron chi connectivity index (χ0n) is 16.7. The number of hydrogen-bond donors (Lipinski definition) is 2. The quantitative estimate of drug-likeness (QED) is 0.515. The molecule has 9 heteroatoms. The number of benzene rings is 2. The summed E-state index contributed by atoms with van der Waals surface area (Å²) in [7, 11) is 4.31. The van der Waals surface area contributed by atoms with Gasteiger partial charge in [0, 0.05) is 16.3 Å². The number of ether oxygens (including phenoxy) is 3. The minimum atomic E-state index is -0.741. The number of thioether (sulfide) groups is 1. The van der Waals surface area contributed by atoms with Crippen molar-refractivity contribution in [1.29, 1.82) is 0 Å². The molecular formula is C21H21FN2O5S. The van der Waals surface area contributed by atoms with Crippen LogP contribution in [-0.2, 0) is 9.53 Å². The second-order valence-electron chi connectivity index (χ2n) is 6.27. The highest BCUT2D eigenvalue weighted by Gasteiger charge is 2.34. The lowest BCUT2D eigenvalue weighted by Gasteiger charge is -2.29. The maximum Gasteiger partial charge on any atom is 0.338 e. The number of nitrogens with one attached hydrogen (secondary N) is 2. The van der Waals surface area contributed by atoms with Crippen molar-refractivity contribution in [1.82, 2.24) is 10.6 Å². The van der Waals surface area contributed by atoms with Gasteiger partial charge in [-0.05, 0) is 42.0 Å². The first-order valence-corrected chi connectivity index (χ1v) is 9.94. The molecule has 0 fully saturated rings. The lowest BCUT2D eigenvalue weighted by atomic mass is 9.95. The van der Waals surface area contributed by atoms with Crippen molar-refractivity contribution in [3.63, 3.8) is 0 Å². The molecule has 1 aliphatic rings. The summed E-state index contributed by atoms with van der Waals surface area (Å²) in [5.41, 5.74) is 1.32. The third kappa shape index (κ3) is 4.68. The number of carbonyl (C=O) groups excluding carboxylic acids is 2. The van der Waals surface area contributed by atoms with Crippen LogP contribution in [0.1, 0.15) is 11.6 Å². The predicted octanol–water partition coefficient (Wildman–Crippen LogP) is 3.42. The van der Waals surface area contributed by atoms with E-state index in [2.05, 4.69) is 10.6 Å². The summed E-state index contributed by atoms with van der Waals surface area (Å²) in [4.78, 5) is 25.7. The van der Waals surface area contributed by atoms with Gasteiger partial charge in [0.2, 0.25) is 0 Å². The molecule has 2 N–H and O–H groups in total. The van der Waals surface area contributed by atoms with Gasteiger partial charge in [-0.2, -0.15) is 0 Å². The zero-order valence-corrected chi connectivity index (χ0v) is 17.5. The van der Waals surface area contributed by atoms with Gasteiger partial charge in [-0.15, -0.1) is 11.8 Å². The molecule has 3 rings (SSSR count). The summed E-state index contributed by atoms with van der Waals surface area (Å²) in [5.74, 6) is 0.369. The van der Waals surface area contributed by atoms with Gasteiger partial charge in [-0.1, -0.05) is 6.07 Å². The molecule has 1 heterocycles. The largest absolute Gasteiger partial charge is 0.493 e. The van der Waals surface area contributed by atoms with Crippen LogP contribution in [0.15, 0.2) is 58.6 Å². The van der Waals surface area contributed by atoms with Crippen LogP contribution in [0.4, 0.5) is 9.18 Å². The Morgan fingerprint density at radius 2 is 1.77 bits per heavy atom. The molecule has 30 heavy (non-hydrogen) atoms.